The second-order valence-corrected chi connectivity index (χ2v) is 13.0. The molecule has 1 saturated heterocycles. The number of carbonyl (C=O) groups excluding carboxylic acids is 1. The van der Waals surface area contributed by atoms with Gasteiger partial charge in [-0.15, -0.1) is 11.3 Å². The van der Waals surface area contributed by atoms with Gasteiger partial charge in [0, 0.05) is 48.3 Å². The molecule has 2 fully saturated rings. The predicted octanol–water partition coefficient (Wildman–Crippen LogP) is 5.85. The lowest BCUT2D eigenvalue weighted by molar-refractivity contribution is 0.0950. The Morgan fingerprint density at radius 2 is 2.00 bits per heavy atom. The third kappa shape index (κ3) is 5.29. The molecule has 4 aromatic heterocycles. The Labute approximate surface area is 252 Å². The maximum atomic E-state index is 13.8. The lowest BCUT2D eigenvalue weighted by atomic mass is 9.97. The fourth-order valence-electron chi connectivity index (χ4n) is 6.69. The number of nitrogens with one attached hydrogen (secondary N) is 1. The number of hydrogen-bond acceptors (Lipinski definition) is 7. The van der Waals surface area contributed by atoms with Crippen molar-refractivity contribution in [3.63, 3.8) is 0 Å². The van der Waals surface area contributed by atoms with Gasteiger partial charge in [-0.1, -0.05) is 11.6 Å². The highest BCUT2D eigenvalue weighted by Crippen LogP contribution is 2.39. The molecule has 2 atom stereocenters. The van der Waals surface area contributed by atoms with Crippen molar-refractivity contribution in [3.8, 4) is 0 Å². The molecule has 2 unspecified atom stereocenters. The number of benzene rings is 1. The number of aryl methyl sites for hydroxylation is 1. The van der Waals surface area contributed by atoms with E-state index in [1.54, 1.807) is 12.4 Å². The molecule has 42 heavy (non-hydrogen) atoms. The molecule has 0 spiro atoms. The van der Waals surface area contributed by atoms with E-state index >= 15 is 0 Å². The van der Waals surface area contributed by atoms with Crippen LogP contribution >= 0.6 is 22.9 Å². The molecule has 10 heteroatoms. The van der Waals surface area contributed by atoms with Crippen LogP contribution < -0.4 is 10.7 Å². The standard InChI is InChI=1S/C32H33ClN6O2S/c33-22-6-10-27-26(18-22)39-30-24(29(40)28(32(39)42-27)31(41)36-13-16-38-14-1-2-15-38)9-8-23(37-30)7-4-20-3-5-21(17-20)25-19-34-11-12-35-25/h6,8-12,18-21H,1-5,7,13-17H2,(H,36,41). The summed E-state index contributed by atoms with van der Waals surface area (Å²) in [7, 11) is 0. The van der Waals surface area contributed by atoms with Gasteiger partial charge >= 0.3 is 0 Å². The van der Waals surface area contributed by atoms with Crippen LogP contribution in [0.5, 0.6) is 0 Å². The van der Waals surface area contributed by atoms with Crippen molar-refractivity contribution in [1.29, 1.82) is 0 Å². The Hall–Kier alpha value is -3.40. The molecule has 0 radical (unpaired) electrons. The minimum atomic E-state index is -0.334. The minimum Gasteiger partial charge on any atom is -0.351 e. The first kappa shape index (κ1) is 27.4. The Balaban J connectivity index is 1.20. The average molecular weight is 601 g/mol. The molecule has 1 aliphatic heterocycles. The highest BCUT2D eigenvalue weighted by molar-refractivity contribution is 7.24. The third-order valence-electron chi connectivity index (χ3n) is 8.89. The predicted molar refractivity (Wildman–Crippen MR) is 168 cm³/mol. The van der Waals surface area contributed by atoms with Gasteiger partial charge < -0.3 is 10.2 Å². The Morgan fingerprint density at radius 3 is 2.83 bits per heavy atom. The number of hydrogen-bond donors (Lipinski definition) is 1. The van der Waals surface area contributed by atoms with Crippen molar-refractivity contribution < 1.29 is 4.79 Å². The number of carbonyl (C=O) groups is 1. The van der Waals surface area contributed by atoms with Crippen LogP contribution in [0, 0.1) is 5.92 Å². The number of aromatic nitrogens is 4. The van der Waals surface area contributed by atoms with Crippen LogP contribution in [0.3, 0.4) is 0 Å². The van der Waals surface area contributed by atoms with Crippen LogP contribution in [0.4, 0.5) is 0 Å². The van der Waals surface area contributed by atoms with Crippen LogP contribution in [0.15, 0.2) is 53.7 Å². The molecule has 7 rings (SSSR count). The third-order valence-corrected chi connectivity index (χ3v) is 10.3. The van der Waals surface area contributed by atoms with Crippen molar-refractivity contribution >= 4 is 54.9 Å². The first-order valence-corrected chi connectivity index (χ1v) is 16.1. The van der Waals surface area contributed by atoms with Gasteiger partial charge in [0.25, 0.3) is 5.91 Å². The van der Waals surface area contributed by atoms with E-state index in [1.165, 1.54) is 30.6 Å². The second kappa shape index (κ2) is 11.7. The summed E-state index contributed by atoms with van der Waals surface area (Å²) < 4.78 is 2.91. The van der Waals surface area contributed by atoms with E-state index in [0.29, 0.717) is 39.3 Å². The van der Waals surface area contributed by atoms with Gasteiger partial charge in [-0.3, -0.25) is 24.0 Å². The number of halogens is 1. The smallest absolute Gasteiger partial charge is 0.258 e. The number of likely N-dealkylation sites (tertiary alicyclic amines) is 1. The summed E-state index contributed by atoms with van der Waals surface area (Å²) in [6, 6.07) is 9.46. The maximum absolute atomic E-state index is 13.8. The number of nitrogens with zero attached hydrogens (tertiary/aromatic N) is 5. The monoisotopic (exact) mass is 600 g/mol. The van der Waals surface area contributed by atoms with Crippen molar-refractivity contribution in [2.45, 2.75) is 50.9 Å². The van der Waals surface area contributed by atoms with Gasteiger partial charge in [-0.2, -0.15) is 0 Å². The van der Waals surface area contributed by atoms with E-state index in [2.05, 4.69) is 20.2 Å². The van der Waals surface area contributed by atoms with E-state index < -0.39 is 0 Å². The Kier molecular flexibility index (Phi) is 7.65. The summed E-state index contributed by atoms with van der Waals surface area (Å²) in [6.07, 6.45) is 13.0. The molecule has 1 aliphatic carbocycles. The molecular formula is C32H33ClN6O2S. The summed E-state index contributed by atoms with van der Waals surface area (Å²) >= 11 is 7.85. The molecule has 8 nitrogen and oxygen atoms in total. The molecule has 216 valence electrons. The first-order valence-electron chi connectivity index (χ1n) is 14.9. The quantitative estimate of drug-likeness (QED) is 0.240. The molecule has 1 saturated carbocycles. The van der Waals surface area contributed by atoms with Crippen molar-refractivity contribution in [2.24, 2.45) is 5.92 Å². The van der Waals surface area contributed by atoms with Crippen molar-refractivity contribution in [1.82, 2.24) is 29.6 Å². The summed E-state index contributed by atoms with van der Waals surface area (Å²) in [5.41, 5.74) is 3.37. The van der Waals surface area contributed by atoms with Gasteiger partial charge in [-0.25, -0.2) is 4.98 Å². The summed E-state index contributed by atoms with van der Waals surface area (Å²) in [4.78, 5) is 44.1. The molecule has 0 bridgehead atoms. The number of thiazole rings is 1. The first-order chi connectivity index (χ1) is 20.5. The van der Waals surface area contributed by atoms with Crippen LogP contribution in [0.25, 0.3) is 26.1 Å². The van der Waals surface area contributed by atoms with Gasteiger partial charge in [0.15, 0.2) is 0 Å². The molecule has 1 aromatic carbocycles. The minimum absolute atomic E-state index is 0.178. The number of fused-ring (bicyclic) bond motifs is 5. The van der Waals surface area contributed by atoms with Gasteiger partial charge in [-0.05, 0) is 94.3 Å². The molecule has 1 amide bonds. The van der Waals surface area contributed by atoms with E-state index in [-0.39, 0.29) is 16.9 Å². The maximum Gasteiger partial charge on any atom is 0.258 e. The Bertz CT molecular complexity index is 1830. The lowest BCUT2D eigenvalue weighted by Crippen LogP contribution is -2.35. The lowest BCUT2D eigenvalue weighted by Gasteiger charge is -2.15. The molecular weight excluding hydrogens is 568 g/mol. The van der Waals surface area contributed by atoms with Crippen LogP contribution in [0.2, 0.25) is 5.02 Å². The largest absolute Gasteiger partial charge is 0.351 e. The van der Waals surface area contributed by atoms with Crippen LogP contribution in [0.1, 0.15) is 66.2 Å². The summed E-state index contributed by atoms with van der Waals surface area (Å²) in [5.74, 6) is 0.734. The van der Waals surface area contributed by atoms with E-state index in [1.807, 2.05) is 40.9 Å². The number of amides is 1. The number of rotatable bonds is 8. The fraction of sp³-hybridized carbons (Fsp3) is 0.406. The zero-order chi connectivity index (χ0) is 28.6. The molecule has 5 heterocycles. The number of pyridine rings is 2. The summed E-state index contributed by atoms with van der Waals surface area (Å²) in [5, 5.41) is 4.06. The average Bonchev–Trinajstić information content (AvgIpc) is 3.77. The molecule has 5 aromatic rings. The van der Waals surface area contributed by atoms with Crippen molar-refractivity contribution in [3.05, 3.63) is 81.1 Å². The molecule has 1 N–H and O–H groups in total. The van der Waals surface area contributed by atoms with Crippen LogP contribution in [-0.4, -0.2) is 56.3 Å². The van der Waals surface area contributed by atoms with E-state index in [4.69, 9.17) is 16.6 Å². The zero-order valence-electron chi connectivity index (χ0n) is 23.4. The highest BCUT2D eigenvalue weighted by atomic mass is 35.5. The van der Waals surface area contributed by atoms with Crippen LogP contribution in [-0.2, 0) is 6.42 Å². The van der Waals surface area contributed by atoms with Gasteiger partial charge in [0.05, 0.1) is 21.3 Å². The second-order valence-electron chi connectivity index (χ2n) is 11.6. The van der Waals surface area contributed by atoms with E-state index in [9.17, 15) is 9.59 Å². The fourth-order valence-corrected chi connectivity index (χ4v) is 8.02. The SMILES string of the molecule is O=C(NCCN1CCCC1)c1c(=O)c2ccc(CCC3CCC(c4cnccn4)C3)nc2n2c1sc1ccc(Cl)cc12. The normalized spacial score (nSPS) is 19.4. The van der Waals surface area contributed by atoms with Gasteiger partial charge in [0.1, 0.15) is 16.0 Å². The van der Waals surface area contributed by atoms with Gasteiger partial charge in [0.2, 0.25) is 5.43 Å². The Morgan fingerprint density at radius 1 is 1.12 bits per heavy atom. The zero-order valence-corrected chi connectivity index (χ0v) is 25.0. The van der Waals surface area contributed by atoms with E-state index in [0.717, 1.165) is 66.9 Å². The highest BCUT2D eigenvalue weighted by Gasteiger charge is 2.27. The summed E-state index contributed by atoms with van der Waals surface area (Å²) in [6.45, 7) is 3.42. The van der Waals surface area contributed by atoms with Crippen molar-refractivity contribution in [2.75, 3.05) is 26.2 Å². The topological polar surface area (TPSA) is 92.5 Å². The molecule has 2 aliphatic rings.